The van der Waals surface area contributed by atoms with Gasteiger partial charge in [0.05, 0.1) is 0 Å². The molecule has 0 radical (unpaired) electrons. The molecule has 4 nitrogen and oxygen atoms in total. The minimum atomic E-state index is 0.246. The molecule has 1 aliphatic carbocycles. The van der Waals surface area contributed by atoms with Crippen molar-refractivity contribution in [3.05, 3.63) is 8.87 Å². The van der Waals surface area contributed by atoms with Crippen LogP contribution >= 0.6 is 0 Å². The molecular formula is C8H8N4Se2. The molecule has 1 aliphatic rings. The third kappa shape index (κ3) is 1.43. The summed E-state index contributed by atoms with van der Waals surface area (Å²) in [6, 6.07) is 0. The van der Waals surface area contributed by atoms with Gasteiger partial charge in [0.1, 0.15) is 0 Å². The van der Waals surface area contributed by atoms with E-state index in [1.54, 1.807) is 0 Å². The Morgan fingerprint density at radius 3 is 1.79 bits per heavy atom. The third-order valence-corrected chi connectivity index (χ3v) is 5.67. The van der Waals surface area contributed by atoms with Gasteiger partial charge in [-0.1, -0.05) is 0 Å². The van der Waals surface area contributed by atoms with Crippen molar-refractivity contribution in [2.45, 2.75) is 25.7 Å². The van der Waals surface area contributed by atoms with Crippen molar-refractivity contribution >= 4 is 29.5 Å². The third-order valence-electron chi connectivity index (χ3n) is 2.39. The molecule has 0 unspecified atom stereocenters. The number of aromatic nitrogens is 4. The van der Waals surface area contributed by atoms with Crippen LogP contribution in [-0.4, -0.2) is 47.9 Å². The standard InChI is InChI=1S/C8H8N4Se2/c1-2-4-6-8(10-12-14-6)7-5(3-1)13-11-9-7/h1-4H2. The second-order valence-corrected chi connectivity index (χ2v) is 6.82. The zero-order chi connectivity index (χ0) is 9.38. The van der Waals surface area contributed by atoms with Crippen LogP contribution in [0.1, 0.15) is 21.7 Å². The first-order valence-electron chi connectivity index (χ1n) is 4.58. The quantitative estimate of drug-likeness (QED) is 0.638. The Bertz CT molecular complexity index is 405. The van der Waals surface area contributed by atoms with Crippen LogP contribution in [0.2, 0.25) is 0 Å². The van der Waals surface area contributed by atoms with Crippen molar-refractivity contribution in [3.63, 3.8) is 0 Å². The number of aryl methyl sites for hydroxylation is 2. The van der Waals surface area contributed by atoms with Crippen molar-refractivity contribution in [1.82, 2.24) is 18.4 Å². The van der Waals surface area contributed by atoms with Gasteiger partial charge in [-0.2, -0.15) is 0 Å². The van der Waals surface area contributed by atoms with Crippen LogP contribution in [0.5, 0.6) is 0 Å². The first kappa shape index (κ1) is 8.98. The summed E-state index contributed by atoms with van der Waals surface area (Å²) in [5, 5.41) is 8.47. The van der Waals surface area contributed by atoms with Gasteiger partial charge in [0, 0.05) is 0 Å². The zero-order valence-electron chi connectivity index (χ0n) is 7.43. The predicted molar refractivity (Wildman–Crippen MR) is 53.6 cm³/mol. The average Bonchev–Trinajstić information content (AvgIpc) is 2.75. The molecule has 2 aromatic rings. The first-order chi connectivity index (χ1) is 6.95. The maximum atomic E-state index is 4.23. The summed E-state index contributed by atoms with van der Waals surface area (Å²) < 4.78 is 11.2. The van der Waals surface area contributed by atoms with E-state index in [4.69, 9.17) is 0 Å². The summed E-state index contributed by atoms with van der Waals surface area (Å²) in [5.74, 6) is 0. The van der Waals surface area contributed by atoms with Gasteiger partial charge >= 0.3 is 93.8 Å². The van der Waals surface area contributed by atoms with E-state index in [1.165, 1.54) is 34.6 Å². The SMILES string of the molecule is C1CCc2[se]nnc2-c2nn[se]c2C1. The van der Waals surface area contributed by atoms with Crippen LogP contribution in [0.3, 0.4) is 0 Å². The maximum absolute atomic E-state index is 4.23. The number of hydrogen-bond acceptors (Lipinski definition) is 4. The Labute approximate surface area is 93.7 Å². The summed E-state index contributed by atoms with van der Waals surface area (Å²) in [6.45, 7) is 0. The molecule has 0 aliphatic heterocycles. The fourth-order valence-corrected chi connectivity index (χ4v) is 4.53. The van der Waals surface area contributed by atoms with Crippen molar-refractivity contribution in [3.8, 4) is 11.4 Å². The van der Waals surface area contributed by atoms with E-state index in [0.29, 0.717) is 0 Å². The van der Waals surface area contributed by atoms with E-state index in [9.17, 15) is 0 Å². The van der Waals surface area contributed by atoms with Gasteiger partial charge in [-0.15, -0.1) is 0 Å². The van der Waals surface area contributed by atoms with Crippen LogP contribution < -0.4 is 0 Å². The molecular weight excluding hydrogens is 310 g/mol. The molecule has 3 rings (SSSR count). The van der Waals surface area contributed by atoms with E-state index in [-0.39, 0.29) is 29.5 Å². The van der Waals surface area contributed by atoms with E-state index in [2.05, 4.69) is 18.4 Å². The van der Waals surface area contributed by atoms with Gasteiger partial charge in [-0.05, 0) is 0 Å². The summed E-state index contributed by atoms with van der Waals surface area (Å²) >= 11 is 0.492. The van der Waals surface area contributed by atoms with E-state index < -0.39 is 0 Å². The first-order valence-corrected chi connectivity index (χ1v) is 7.82. The average molecular weight is 318 g/mol. The van der Waals surface area contributed by atoms with Crippen molar-refractivity contribution in [2.24, 2.45) is 0 Å². The fraction of sp³-hybridized carbons (Fsp3) is 0.500. The number of rotatable bonds is 0. The summed E-state index contributed by atoms with van der Waals surface area (Å²) in [5.41, 5.74) is 2.14. The molecule has 0 amide bonds. The molecule has 14 heavy (non-hydrogen) atoms. The molecule has 72 valence electrons. The Morgan fingerprint density at radius 2 is 1.29 bits per heavy atom. The molecule has 0 bridgehead atoms. The van der Waals surface area contributed by atoms with Crippen LogP contribution in [0, 0.1) is 0 Å². The van der Waals surface area contributed by atoms with Crippen LogP contribution in [0.25, 0.3) is 11.4 Å². The summed E-state index contributed by atoms with van der Waals surface area (Å²) in [6.07, 6.45) is 4.89. The van der Waals surface area contributed by atoms with Crippen LogP contribution in [0.15, 0.2) is 0 Å². The predicted octanol–water partition coefficient (Wildman–Crippen LogP) is -0.0736. The van der Waals surface area contributed by atoms with Crippen LogP contribution in [0.4, 0.5) is 0 Å². The summed E-state index contributed by atoms with van der Waals surface area (Å²) in [7, 11) is 0. The molecule has 2 heterocycles. The number of hydrogen-bond donors (Lipinski definition) is 0. The second-order valence-electron chi connectivity index (χ2n) is 3.30. The van der Waals surface area contributed by atoms with Gasteiger partial charge in [-0.3, -0.25) is 0 Å². The molecule has 0 aromatic carbocycles. The Hall–Kier alpha value is -0.281. The normalized spacial score (nSPS) is 15.4. The molecule has 0 N–H and O–H groups in total. The van der Waals surface area contributed by atoms with Gasteiger partial charge in [0.2, 0.25) is 0 Å². The molecule has 0 fully saturated rings. The number of fused-ring (bicyclic) bond motifs is 3. The van der Waals surface area contributed by atoms with Crippen molar-refractivity contribution < 1.29 is 0 Å². The van der Waals surface area contributed by atoms with E-state index in [0.717, 1.165) is 11.4 Å². The number of nitrogens with zero attached hydrogens (tertiary/aromatic N) is 4. The van der Waals surface area contributed by atoms with Gasteiger partial charge < -0.3 is 0 Å². The van der Waals surface area contributed by atoms with Gasteiger partial charge in [-0.25, -0.2) is 0 Å². The molecule has 2 aromatic heterocycles. The molecule has 0 spiro atoms. The van der Waals surface area contributed by atoms with Gasteiger partial charge in [0.15, 0.2) is 0 Å². The molecule has 0 saturated heterocycles. The van der Waals surface area contributed by atoms with Crippen LogP contribution in [-0.2, 0) is 12.8 Å². The Kier molecular flexibility index (Phi) is 2.38. The van der Waals surface area contributed by atoms with Crippen molar-refractivity contribution in [1.29, 1.82) is 0 Å². The Balaban J connectivity index is 2.19. The van der Waals surface area contributed by atoms with E-state index in [1.807, 2.05) is 0 Å². The monoisotopic (exact) mass is 320 g/mol. The molecule has 6 heteroatoms. The Morgan fingerprint density at radius 1 is 0.786 bits per heavy atom. The van der Waals surface area contributed by atoms with E-state index >= 15 is 0 Å². The topological polar surface area (TPSA) is 51.6 Å². The second kappa shape index (κ2) is 3.70. The summed E-state index contributed by atoms with van der Waals surface area (Å²) in [4.78, 5) is 0. The van der Waals surface area contributed by atoms with Crippen molar-refractivity contribution in [2.75, 3.05) is 0 Å². The van der Waals surface area contributed by atoms with Gasteiger partial charge in [0.25, 0.3) is 0 Å². The molecule has 0 saturated carbocycles. The zero-order valence-corrected chi connectivity index (χ0v) is 10.9. The molecule has 0 atom stereocenters. The minimum absolute atomic E-state index is 0.246. The fourth-order valence-electron chi connectivity index (χ4n) is 1.68.